The number of benzene rings is 1. The van der Waals surface area contributed by atoms with Crippen LogP contribution in [0.2, 0.25) is 0 Å². The van der Waals surface area contributed by atoms with Crippen LogP contribution in [0.3, 0.4) is 0 Å². The van der Waals surface area contributed by atoms with Gasteiger partial charge in [0.05, 0.1) is 17.2 Å². The fourth-order valence-electron chi connectivity index (χ4n) is 3.97. The third-order valence-electron chi connectivity index (χ3n) is 5.44. The molecular weight excluding hydrogens is 364 g/mol. The molecule has 4 amide bonds. The summed E-state index contributed by atoms with van der Waals surface area (Å²) in [6.45, 7) is 1.07. The van der Waals surface area contributed by atoms with Gasteiger partial charge >= 0.3 is 0 Å². The second-order valence-corrected chi connectivity index (χ2v) is 7.30. The maximum Gasteiger partial charge on any atom is 0.262 e. The van der Waals surface area contributed by atoms with Crippen molar-refractivity contribution in [1.82, 2.24) is 10.2 Å². The Kier molecular flexibility index (Phi) is 4.86. The second-order valence-electron chi connectivity index (χ2n) is 7.30. The van der Waals surface area contributed by atoms with E-state index in [9.17, 15) is 19.2 Å². The van der Waals surface area contributed by atoms with Crippen LogP contribution < -0.4 is 16.4 Å². The van der Waals surface area contributed by atoms with Crippen molar-refractivity contribution >= 4 is 29.3 Å². The van der Waals surface area contributed by atoms with Gasteiger partial charge in [-0.2, -0.15) is 0 Å². The first-order valence-corrected chi connectivity index (χ1v) is 9.41. The smallest absolute Gasteiger partial charge is 0.262 e. The summed E-state index contributed by atoms with van der Waals surface area (Å²) in [5.74, 6) is -2.02. The number of amides is 4. The number of nitrogens with one attached hydrogen (secondary N) is 2. The van der Waals surface area contributed by atoms with Crippen LogP contribution in [-0.2, 0) is 14.3 Å². The molecule has 2 fully saturated rings. The highest BCUT2D eigenvalue weighted by Crippen LogP contribution is 2.30. The number of carbonyl (C=O) groups excluding carboxylic acids is 4. The number of rotatable bonds is 4. The Morgan fingerprint density at radius 3 is 2.68 bits per heavy atom. The van der Waals surface area contributed by atoms with Crippen molar-refractivity contribution in [2.75, 3.05) is 18.5 Å². The molecule has 3 aliphatic heterocycles. The molecule has 9 heteroatoms. The summed E-state index contributed by atoms with van der Waals surface area (Å²) in [4.78, 5) is 50.0. The molecule has 4 rings (SSSR count). The van der Waals surface area contributed by atoms with Gasteiger partial charge in [0, 0.05) is 31.3 Å². The molecule has 0 aromatic heterocycles. The van der Waals surface area contributed by atoms with Gasteiger partial charge in [0.1, 0.15) is 6.04 Å². The lowest BCUT2D eigenvalue weighted by Gasteiger charge is -2.30. The molecule has 3 heterocycles. The molecular formula is C19H22N4O5. The quantitative estimate of drug-likeness (QED) is 0.621. The normalized spacial score (nSPS) is 27.6. The number of ether oxygens (including phenoxy) is 1. The van der Waals surface area contributed by atoms with E-state index in [1.54, 1.807) is 18.2 Å². The fraction of sp³-hybridized carbons (Fsp3) is 0.474. The number of imide groups is 2. The number of anilines is 1. The molecule has 2 saturated heterocycles. The number of nitrogens with zero attached hydrogens (tertiary/aromatic N) is 1. The highest BCUT2D eigenvalue weighted by molar-refractivity contribution is 6.23. The monoisotopic (exact) mass is 386 g/mol. The highest BCUT2D eigenvalue weighted by atomic mass is 16.5. The molecule has 0 aliphatic carbocycles. The van der Waals surface area contributed by atoms with Gasteiger partial charge in [0.25, 0.3) is 11.8 Å². The van der Waals surface area contributed by atoms with Gasteiger partial charge in [-0.3, -0.25) is 29.4 Å². The molecule has 1 aromatic rings. The van der Waals surface area contributed by atoms with Crippen molar-refractivity contribution < 1.29 is 23.9 Å². The van der Waals surface area contributed by atoms with E-state index in [0.29, 0.717) is 13.2 Å². The molecule has 148 valence electrons. The van der Waals surface area contributed by atoms with Crippen LogP contribution in [-0.4, -0.2) is 59.9 Å². The standard InChI is InChI=1S/C19H22N4O5/c20-9-12-7-11(5-6-28-12)21-10-1-2-13-14(8-10)19(27)23(18(13)26)15-3-4-16(24)22-17(15)25/h1-2,8,11-12,15,21H,3-7,9,20H2,(H,22,24,25)/t11-,12-,15?/m0/s1. The Labute approximate surface area is 161 Å². The molecule has 28 heavy (non-hydrogen) atoms. The lowest BCUT2D eigenvalue weighted by atomic mass is 10.0. The summed E-state index contributed by atoms with van der Waals surface area (Å²) in [5, 5.41) is 5.57. The van der Waals surface area contributed by atoms with E-state index in [2.05, 4.69) is 10.6 Å². The lowest BCUT2D eigenvalue weighted by molar-refractivity contribution is -0.136. The Hall–Kier alpha value is -2.78. The molecule has 1 unspecified atom stereocenters. The van der Waals surface area contributed by atoms with E-state index in [1.165, 1.54) is 0 Å². The molecule has 3 aliphatic rings. The average Bonchev–Trinajstić information content (AvgIpc) is 2.93. The van der Waals surface area contributed by atoms with Crippen molar-refractivity contribution in [2.45, 2.75) is 43.9 Å². The van der Waals surface area contributed by atoms with E-state index in [1.807, 2.05) is 0 Å². The van der Waals surface area contributed by atoms with Crippen LogP contribution in [0.15, 0.2) is 18.2 Å². The third-order valence-corrected chi connectivity index (χ3v) is 5.44. The fourth-order valence-corrected chi connectivity index (χ4v) is 3.97. The van der Waals surface area contributed by atoms with Gasteiger partial charge in [0.2, 0.25) is 11.8 Å². The molecule has 1 aromatic carbocycles. The number of nitrogens with two attached hydrogens (primary N) is 1. The lowest BCUT2D eigenvalue weighted by Crippen LogP contribution is -2.54. The van der Waals surface area contributed by atoms with Crippen LogP contribution in [0.4, 0.5) is 5.69 Å². The maximum absolute atomic E-state index is 12.9. The van der Waals surface area contributed by atoms with E-state index >= 15 is 0 Å². The Morgan fingerprint density at radius 2 is 1.93 bits per heavy atom. The van der Waals surface area contributed by atoms with Crippen molar-refractivity contribution in [1.29, 1.82) is 0 Å². The van der Waals surface area contributed by atoms with E-state index in [0.717, 1.165) is 23.4 Å². The van der Waals surface area contributed by atoms with Crippen molar-refractivity contribution in [3.05, 3.63) is 29.3 Å². The van der Waals surface area contributed by atoms with Crippen LogP contribution in [0.5, 0.6) is 0 Å². The first-order valence-electron chi connectivity index (χ1n) is 9.41. The van der Waals surface area contributed by atoms with E-state index in [4.69, 9.17) is 10.5 Å². The van der Waals surface area contributed by atoms with Crippen LogP contribution in [0.1, 0.15) is 46.4 Å². The van der Waals surface area contributed by atoms with Gasteiger partial charge in [-0.25, -0.2) is 0 Å². The topological polar surface area (TPSA) is 131 Å². The molecule has 0 saturated carbocycles. The van der Waals surface area contributed by atoms with E-state index in [-0.39, 0.29) is 36.1 Å². The van der Waals surface area contributed by atoms with Gasteiger partial charge in [-0.15, -0.1) is 0 Å². The van der Waals surface area contributed by atoms with Crippen molar-refractivity contribution in [3.63, 3.8) is 0 Å². The summed E-state index contributed by atoms with van der Waals surface area (Å²) < 4.78 is 5.57. The summed E-state index contributed by atoms with van der Waals surface area (Å²) in [6, 6.07) is 4.21. The molecule has 4 N–H and O–H groups in total. The Morgan fingerprint density at radius 1 is 1.14 bits per heavy atom. The molecule has 3 atom stereocenters. The summed E-state index contributed by atoms with van der Waals surface area (Å²) in [6.07, 6.45) is 1.84. The minimum Gasteiger partial charge on any atom is -0.382 e. The Bertz CT molecular complexity index is 855. The van der Waals surface area contributed by atoms with Crippen LogP contribution in [0, 0.1) is 0 Å². The largest absolute Gasteiger partial charge is 0.382 e. The van der Waals surface area contributed by atoms with Crippen molar-refractivity contribution in [3.8, 4) is 0 Å². The van der Waals surface area contributed by atoms with Crippen LogP contribution >= 0.6 is 0 Å². The summed E-state index contributed by atoms with van der Waals surface area (Å²) in [5.41, 5.74) is 6.94. The molecule has 0 radical (unpaired) electrons. The number of carbonyl (C=O) groups is 4. The van der Waals surface area contributed by atoms with Crippen molar-refractivity contribution in [2.24, 2.45) is 5.73 Å². The SMILES string of the molecule is NC[C@@H]1C[C@@H](Nc2ccc3c(c2)C(=O)N(C2CCC(=O)NC2=O)C3=O)CCO1. The number of hydrogen-bond donors (Lipinski definition) is 3. The minimum atomic E-state index is -0.956. The first kappa shape index (κ1) is 18.6. The van der Waals surface area contributed by atoms with Gasteiger partial charge in [-0.1, -0.05) is 0 Å². The molecule has 9 nitrogen and oxygen atoms in total. The number of hydrogen-bond acceptors (Lipinski definition) is 7. The summed E-state index contributed by atoms with van der Waals surface area (Å²) >= 11 is 0. The zero-order valence-corrected chi connectivity index (χ0v) is 15.3. The Balaban J connectivity index is 1.52. The first-order chi connectivity index (χ1) is 13.5. The van der Waals surface area contributed by atoms with Crippen LogP contribution in [0.25, 0.3) is 0 Å². The molecule has 0 spiro atoms. The predicted octanol–water partition coefficient (Wildman–Crippen LogP) is 0.00600. The molecule has 0 bridgehead atoms. The van der Waals surface area contributed by atoms with Gasteiger partial charge in [0.15, 0.2) is 0 Å². The zero-order chi connectivity index (χ0) is 19.8. The number of piperidine rings is 1. The van der Waals surface area contributed by atoms with Gasteiger partial charge < -0.3 is 15.8 Å². The average molecular weight is 386 g/mol. The predicted molar refractivity (Wildman–Crippen MR) is 98.6 cm³/mol. The number of fused-ring (bicyclic) bond motifs is 1. The highest BCUT2D eigenvalue weighted by Gasteiger charge is 2.44. The van der Waals surface area contributed by atoms with Gasteiger partial charge in [-0.05, 0) is 37.5 Å². The zero-order valence-electron chi connectivity index (χ0n) is 15.3. The maximum atomic E-state index is 12.9. The third kappa shape index (κ3) is 3.27. The van der Waals surface area contributed by atoms with E-state index < -0.39 is 29.7 Å². The minimum absolute atomic E-state index is 0.00639. The summed E-state index contributed by atoms with van der Waals surface area (Å²) in [7, 11) is 0. The second kappa shape index (κ2) is 7.33.